The second-order valence-electron chi connectivity index (χ2n) is 7.32. The molecule has 1 amide bonds. The van der Waals surface area contributed by atoms with E-state index in [1.807, 2.05) is 13.0 Å². The number of nitrogens with one attached hydrogen (secondary N) is 1. The number of aromatic nitrogens is 4. The number of aryl methyl sites for hydroxylation is 1. The molecule has 1 atom stereocenters. The number of carbonyl (C=O) groups excluding carboxylic acids is 1. The lowest BCUT2D eigenvalue weighted by atomic mass is 10.2. The van der Waals surface area contributed by atoms with Crippen molar-refractivity contribution in [3.05, 3.63) is 58.6 Å². The van der Waals surface area contributed by atoms with E-state index < -0.39 is 17.9 Å². The SMILES string of the molecule is Cc1ccc(-c2nnc(-c3cc(C(F)(F)F)nn3-c3cccc(CNC(=O)[C@H](C)N)c3)o2)s1. The van der Waals surface area contributed by atoms with Crippen molar-refractivity contribution in [2.75, 3.05) is 0 Å². The fourth-order valence-electron chi connectivity index (χ4n) is 2.99. The lowest BCUT2D eigenvalue weighted by Gasteiger charge is -2.10. The number of halogens is 3. The molecule has 8 nitrogen and oxygen atoms in total. The molecule has 3 heterocycles. The van der Waals surface area contributed by atoms with Crippen LogP contribution in [0, 0.1) is 6.92 Å². The van der Waals surface area contributed by atoms with Gasteiger partial charge >= 0.3 is 6.18 Å². The molecule has 172 valence electrons. The molecule has 4 rings (SSSR count). The Morgan fingerprint density at radius 1 is 1.21 bits per heavy atom. The van der Waals surface area contributed by atoms with Gasteiger partial charge in [-0.2, -0.15) is 18.3 Å². The number of alkyl halides is 3. The third-order valence-electron chi connectivity index (χ3n) is 4.63. The molecule has 0 bridgehead atoms. The highest BCUT2D eigenvalue weighted by molar-refractivity contribution is 7.15. The summed E-state index contributed by atoms with van der Waals surface area (Å²) in [6.45, 7) is 3.62. The minimum atomic E-state index is -4.67. The molecular formula is C21H19F3N6O2S. The van der Waals surface area contributed by atoms with Gasteiger partial charge in [-0.1, -0.05) is 12.1 Å². The first-order valence-electron chi connectivity index (χ1n) is 9.82. The summed E-state index contributed by atoms with van der Waals surface area (Å²) in [4.78, 5) is 13.5. The van der Waals surface area contributed by atoms with Crippen LogP contribution in [0.1, 0.15) is 23.1 Å². The Morgan fingerprint density at radius 3 is 2.64 bits per heavy atom. The van der Waals surface area contributed by atoms with Crippen molar-refractivity contribution in [2.45, 2.75) is 32.6 Å². The smallest absolute Gasteiger partial charge is 0.414 e. The highest BCUT2D eigenvalue weighted by Crippen LogP contribution is 2.34. The van der Waals surface area contributed by atoms with E-state index in [-0.39, 0.29) is 29.9 Å². The van der Waals surface area contributed by atoms with Gasteiger partial charge in [0.15, 0.2) is 5.69 Å². The summed E-state index contributed by atoms with van der Waals surface area (Å²) in [6, 6.07) is 10.4. The molecule has 0 saturated heterocycles. The van der Waals surface area contributed by atoms with Crippen LogP contribution in [0.3, 0.4) is 0 Å². The van der Waals surface area contributed by atoms with Gasteiger partial charge in [0, 0.05) is 17.5 Å². The van der Waals surface area contributed by atoms with Crippen LogP contribution in [-0.4, -0.2) is 31.9 Å². The van der Waals surface area contributed by atoms with Crippen molar-refractivity contribution in [1.29, 1.82) is 0 Å². The van der Waals surface area contributed by atoms with Crippen LogP contribution in [0.15, 0.2) is 46.9 Å². The van der Waals surface area contributed by atoms with Gasteiger partial charge < -0.3 is 15.5 Å². The maximum atomic E-state index is 13.4. The summed E-state index contributed by atoms with van der Waals surface area (Å²) >= 11 is 1.43. The van der Waals surface area contributed by atoms with Gasteiger partial charge in [0.05, 0.1) is 16.6 Å². The number of thiophene rings is 1. The largest absolute Gasteiger partial charge is 0.435 e. The first-order valence-corrected chi connectivity index (χ1v) is 10.6. The van der Waals surface area contributed by atoms with E-state index in [1.54, 1.807) is 37.3 Å². The zero-order valence-electron chi connectivity index (χ0n) is 17.6. The second-order valence-corrected chi connectivity index (χ2v) is 8.61. The van der Waals surface area contributed by atoms with Gasteiger partial charge in [0.1, 0.15) is 5.69 Å². The lowest BCUT2D eigenvalue weighted by molar-refractivity contribution is -0.141. The summed E-state index contributed by atoms with van der Waals surface area (Å²) in [6.07, 6.45) is -4.67. The van der Waals surface area contributed by atoms with Gasteiger partial charge in [-0.3, -0.25) is 4.79 Å². The van der Waals surface area contributed by atoms with E-state index in [4.69, 9.17) is 10.2 Å². The fourth-order valence-corrected chi connectivity index (χ4v) is 3.78. The van der Waals surface area contributed by atoms with Gasteiger partial charge in [-0.15, -0.1) is 21.5 Å². The summed E-state index contributed by atoms with van der Waals surface area (Å²) in [5.74, 6) is -0.242. The van der Waals surface area contributed by atoms with Crippen molar-refractivity contribution in [3.8, 4) is 28.0 Å². The van der Waals surface area contributed by atoms with Crippen molar-refractivity contribution in [3.63, 3.8) is 0 Å². The summed E-state index contributed by atoms with van der Waals surface area (Å²) < 4.78 is 47.1. The average Bonchev–Trinajstić information content (AvgIpc) is 3.50. The van der Waals surface area contributed by atoms with E-state index in [9.17, 15) is 18.0 Å². The van der Waals surface area contributed by atoms with Crippen molar-refractivity contribution in [1.82, 2.24) is 25.3 Å². The number of amides is 1. The van der Waals surface area contributed by atoms with Crippen LogP contribution in [0.25, 0.3) is 28.0 Å². The maximum Gasteiger partial charge on any atom is 0.435 e. The molecule has 0 fully saturated rings. The number of nitrogens with zero attached hydrogens (tertiary/aromatic N) is 4. The summed E-state index contributed by atoms with van der Waals surface area (Å²) in [7, 11) is 0. The number of rotatable bonds is 6. The van der Waals surface area contributed by atoms with Crippen LogP contribution in [0.4, 0.5) is 13.2 Å². The van der Waals surface area contributed by atoms with E-state index in [1.165, 1.54) is 11.3 Å². The topological polar surface area (TPSA) is 112 Å². The first-order chi connectivity index (χ1) is 15.6. The molecule has 0 saturated carbocycles. The number of carbonyl (C=O) groups is 1. The minimum absolute atomic E-state index is 0.00822. The Labute approximate surface area is 190 Å². The lowest BCUT2D eigenvalue weighted by Crippen LogP contribution is -2.37. The Morgan fingerprint density at radius 2 is 1.97 bits per heavy atom. The molecule has 0 aliphatic heterocycles. The number of nitrogens with two attached hydrogens (primary N) is 1. The molecular weight excluding hydrogens is 457 g/mol. The molecule has 3 N–H and O–H groups in total. The summed E-state index contributed by atoms with van der Waals surface area (Å²) in [5.41, 5.74) is 5.42. The van der Waals surface area contributed by atoms with Crippen LogP contribution >= 0.6 is 11.3 Å². The van der Waals surface area contributed by atoms with Gasteiger partial charge in [0.2, 0.25) is 5.91 Å². The quantitative estimate of drug-likeness (QED) is 0.436. The zero-order valence-corrected chi connectivity index (χ0v) is 18.4. The molecule has 0 spiro atoms. The Balaban J connectivity index is 1.72. The second kappa shape index (κ2) is 8.79. The van der Waals surface area contributed by atoms with Crippen LogP contribution in [0.2, 0.25) is 0 Å². The van der Waals surface area contributed by atoms with Gasteiger partial charge in [0.25, 0.3) is 11.8 Å². The predicted octanol–water partition coefficient (Wildman–Crippen LogP) is 3.94. The number of hydrogen-bond donors (Lipinski definition) is 2. The molecule has 12 heteroatoms. The first kappa shape index (κ1) is 22.7. The molecule has 1 aromatic carbocycles. The monoisotopic (exact) mass is 476 g/mol. The molecule has 4 aromatic rings. The molecule has 0 radical (unpaired) electrons. The summed E-state index contributed by atoms with van der Waals surface area (Å²) in [5, 5.41) is 14.3. The molecule has 0 aliphatic rings. The van der Waals surface area contributed by atoms with E-state index >= 15 is 0 Å². The number of hydrogen-bond acceptors (Lipinski definition) is 7. The van der Waals surface area contributed by atoms with Crippen molar-refractivity contribution in [2.24, 2.45) is 5.73 Å². The Kier molecular flexibility index (Phi) is 6.04. The van der Waals surface area contributed by atoms with Crippen LogP contribution in [0.5, 0.6) is 0 Å². The molecule has 0 aliphatic carbocycles. The van der Waals surface area contributed by atoms with E-state index in [0.29, 0.717) is 16.1 Å². The van der Waals surface area contributed by atoms with E-state index in [2.05, 4.69) is 20.6 Å². The highest BCUT2D eigenvalue weighted by Gasteiger charge is 2.36. The fraction of sp³-hybridized carbons (Fsp3) is 0.238. The minimum Gasteiger partial charge on any atom is -0.414 e. The average molecular weight is 476 g/mol. The highest BCUT2D eigenvalue weighted by atomic mass is 32.1. The van der Waals surface area contributed by atoms with Crippen LogP contribution in [-0.2, 0) is 17.5 Å². The van der Waals surface area contributed by atoms with Gasteiger partial charge in [-0.25, -0.2) is 4.68 Å². The zero-order chi connectivity index (χ0) is 23.8. The normalized spacial score (nSPS) is 12.7. The molecule has 33 heavy (non-hydrogen) atoms. The number of benzene rings is 1. The molecule has 0 unspecified atom stereocenters. The standard InChI is InChI=1S/C21H19F3N6O2S/c1-11-6-7-16(33-11)20-28-27-19(32-20)15-9-17(21(22,23)24)29-30(15)14-5-3-4-13(8-14)10-26-18(31)12(2)25/h3-9,12H,10,25H2,1-2H3,(H,26,31)/t12-/m0/s1. The van der Waals surface area contributed by atoms with Crippen molar-refractivity contribution >= 4 is 17.2 Å². The third-order valence-corrected chi connectivity index (χ3v) is 5.62. The van der Waals surface area contributed by atoms with Crippen LogP contribution < -0.4 is 11.1 Å². The third kappa shape index (κ3) is 4.96. The predicted molar refractivity (Wildman–Crippen MR) is 115 cm³/mol. The van der Waals surface area contributed by atoms with E-state index in [0.717, 1.165) is 15.6 Å². The molecule has 3 aromatic heterocycles. The Hall–Kier alpha value is -3.51. The van der Waals surface area contributed by atoms with Crippen molar-refractivity contribution < 1.29 is 22.4 Å². The Bertz CT molecular complexity index is 1290. The van der Waals surface area contributed by atoms with Gasteiger partial charge in [-0.05, 0) is 43.7 Å². The maximum absolute atomic E-state index is 13.4.